The number of halogens is 1. The third-order valence-electron chi connectivity index (χ3n) is 7.13. The highest BCUT2D eigenvalue weighted by atomic mass is 19.1. The molecule has 0 spiro atoms. The summed E-state index contributed by atoms with van der Waals surface area (Å²) in [6, 6.07) is 13.8. The fraction of sp³-hybridized carbons (Fsp3) is 0.417. The molecule has 2 aliphatic carbocycles. The van der Waals surface area contributed by atoms with E-state index in [1.165, 1.54) is 29.8 Å². The van der Waals surface area contributed by atoms with Gasteiger partial charge in [-0.3, -0.25) is 15.0 Å². The van der Waals surface area contributed by atoms with Crippen LogP contribution in [0, 0.1) is 17.2 Å². The van der Waals surface area contributed by atoms with Gasteiger partial charge in [-0.05, 0) is 73.6 Å². The second kappa shape index (κ2) is 8.27. The van der Waals surface area contributed by atoms with Gasteiger partial charge in [0.1, 0.15) is 11.2 Å². The summed E-state index contributed by atoms with van der Waals surface area (Å²) >= 11 is 0. The first kappa shape index (κ1) is 21.1. The molecule has 168 valence electrons. The van der Waals surface area contributed by atoms with Crippen LogP contribution < -0.4 is 27.2 Å². The molecule has 0 bridgehead atoms. The van der Waals surface area contributed by atoms with E-state index in [9.17, 15) is 14.0 Å². The quantitative estimate of drug-likeness (QED) is 0.462. The van der Waals surface area contributed by atoms with Crippen molar-refractivity contribution in [1.82, 2.24) is 10.9 Å². The number of carbonyl (C=O) groups excluding carboxylic acids is 2. The van der Waals surface area contributed by atoms with Gasteiger partial charge in [-0.1, -0.05) is 18.6 Å². The average Bonchev–Trinajstić information content (AvgIpc) is 3.54. The molecule has 5 rings (SSSR count). The number of hydrogen-bond acceptors (Lipinski definition) is 5. The maximum absolute atomic E-state index is 13.1. The van der Waals surface area contributed by atoms with Crippen LogP contribution in [-0.2, 0) is 9.59 Å². The number of carbonyl (C=O) groups is 2. The van der Waals surface area contributed by atoms with Gasteiger partial charge in [-0.25, -0.2) is 9.82 Å². The first-order valence-electron chi connectivity index (χ1n) is 11.2. The summed E-state index contributed by atoms with van der Waals surface area (Å²) in [7, 11) is 0. The van der Waals surface area contributed by atoms with E-state index < -0.39 is 5.41 Å². The Bertz CT molecular complexity index is 1000. The molecule has 2 saturated carbocycles. The Morgan fingerprint density at radius 2 is 1.50 bits per heavy atom. The average molecular weight is 438 g/mol. The predicted molar refractivity (Wildman–Crippen MR) is 120 cm³/mol. The van der Waals surface area contributed by atoms with Gasteiger partial charge in [-0.2, -0.15) is 0 Å². The molecule has 7 nitrogen and oxygen atoms in total. The molecule has 1 aliphatic heterocycles. The SMILES string of the molecule is NC1NNC2CCCC(c3ccc(NC(=O)C4(C(=O)Nc5ccc(F)cc5)CC4)cc3)C12. The minimum atomic E-state index is -1.07. The topological polar surface area (TPSA) is 108 Å². The van der Waals surface area contributed by atoms with Crippen molar-refractivity contribution in [1.29, 1.82) is 0 Å². The van der Waals surface area contributed by atoms with E-state index in [2.05, 4.69) is 21.5 Å². The van der Waals surface area contributed by atoms with Crippen LogP contribution in [0.25, 0.3) is 0 Å². The summed E-state index contributed by atoms with van der Waals surface area (Å²) in [5.41, 5.74) is 14.0. The maximum atomic E-state index is 13.1. The molecule has 3 aliphatic rings. The van der Waals surface area contributed by atoms with E-state index in [-0.39, 0.29) is 23.8 Å². The highest BCUT2D eigenvalue weighted by Gasteiger charge is 2.56. The number of amides is 2. The molecule has 3 fully saturated rings. The molecule has 0 radical (unpaired) electrons. The summed E-state index contributed by atoms with van der Waals surface area (Å²) in [6.45, 7) is 0. The molecule has 32 heavy (non-hydrogen) atoms. The number of anilines is 2. The molecule has 2 amide bonds. The zero-order valence-electron chi connectivity index (χ0n) is 17.7. The lowest BCUT2D eigenvalue weighted by atomic mass is 9.72. The van der Waals surface area contributed by atoms with Gasteiger partial charge in [0.2, 0.25) is 11.8 Å². The van der Waals surface area contributed by atoms with Gasteiger partial charge >= 0.3 is 0 Å². The maximum Gasteiger partial charge on any atom is 0.240 e. The van der Waals surface area contributed by atoms with Crippen LogP contribution in [-0.4, -0.2) is 24.0 Å². The lowest BCUT2D eigenvalue weighted by Crippen LogP contribution is -2.41. The van der Waals surface area contributed by atoms with Crippen LogP contribution in [0.5, 0.6) is 0 Å². The van der Waals surface area contributed by atoms with Gasteiger partial charge < -0.3 is 16.4 Å². The smallest absolute Gasteiger partial charge is 0.240 e. The Morgan fingerprint density at radius 3 is 2.09 bits per heavy atom. The number of rotatable bonds is 5. The first-order chi connectivity index (χ1) is 15.5. The lowest BCUT2D eigenvalue weighted by Gasteiger charge is -2.34. The van der Waals surface area contributed by atoms with Crippen LogP contribution in [0.15, 0.2) is 48.5 Å². The Morgan fingerprint density at radius 1 is 0.906 bits per heavy atom. The number of hydrazine groups is 1. The van der Waals surface area contributed by atoms with E-state index in [1.807, 2.05) is 24.3 Å². The summed E-state index contributed by atoms with van der Waals surface area (Å²) in [5.74, 6) is -0.339. The first-order valence-corrected chi connectivity index (χ1v) is 11.2. The third kappa shape index (κ3) is 3.90. The van der Waals surface area contributed by atoms with Crippen molar-refractivity contribution in [2.75, 3.05) is 10.6 Å². The molecule has 0 aromatic heterocycles. The van der Waals surface area contributed by atoms with Gasteiger partial charge in [0.15, 0.2) is 0 Å². The zero-order chi connectivity index (χ0) is 22.3. The highest BCUT2D eigenvalue weighted by Crippen LogP contribution is 2.47. The normalized spacial score (nSPS) is 27.9. The van der Waals surface area contributed by atoms with Crippen LogP contribution in [0.4, 0.5) is 15.8 Å². The highest BCUT2D eigenvalue weighted by molar-refractivity contribution is 6.16. The molecule has 2 aromatic rings. The largest absolute Gasteiger partial charge is 0.325 e. The van der Waals surface area contributed by atoms with E-state index in [4.69, 9.17) is 5.73 Å². The number of hydrogen-bond donors (Lipinski definition) is 5. The molecular weight excluding hydrogens is 409 g/mol. The molecule has 6 N–H and O–H groups in total. The summed E-state index contributed by atoms with van der Waals surface area (Å²) in [4.78, 5) is 25.6. The molecule has 1 heterocycles. The van der Waals surface area contributed by atoms with E-state index >= 15 is 0 Å². The molecular formula is C24H28FN5O2. The number of benzene rings is 2. The van der Waals surface area contributed by atoms with E-state index in [0.29, 0.717) is 42.1 Å². The molecule has 4 unspecified atom stereocenters. The fourth-order valence-electron chi connectivity index (χ4n) is 5.11. The van der Waals surface area contributed by atoms with Crippen LogP contribution >= 0.6 is 0 Å². The number of fused-ring (bicyclic) bond motifs is 1. The van der Waals surface area contributed by atoms with Crippen LogP contribution in [0.2, 0.25) is 0 Å². The van der Waals surface area contributed by atoms with Crippen molar-refractivity contribution in [3.8, 4) is 0 Å². The Hall–Kier alpha value is -2.81. The van der Waals surface area contributed by atoms with Crippen LogP contribution in [0.3, 0.4) is 0 Å². The molecule has 4 atom stereocenters. The van der Waals surface area contributed by atoms with Crippen molar-refractivity contribution in [2.45, 2.75) is 50.2 Å². The van der Waals surface area contributed by atoms with Crippen molar-refractivity contribution >= 4 is 23.2 Å². The predicted octanol–water partition coefficient (Wildman–Crippen LogP) is 2.83. The fourth-order valence-corrected chi connectivity index (χ4v) is 5.11. The zero-order valence-corrected chi connectivity index (χ0v) is 17.7. The Kier molecular flexibility index (Phi) is 5.44. The van der Waals surface area contributed by atoms with Gasteiger partial charge in [-0.15, -0.1) is 0 Å². The Labute approximate surface area is 186 Å². The third-order valence-corrected chi connectivity index (χ3v) is 7.13. The minimum absolute atomic E-state index is 0.0703. The summed E-state index contributed by atoms with van der Waals surface area (Å²) in [6.07, 6.45) is 4.28. The van der Waals surface area contributed by atoms with E-state index in [0.717, 1.165) is 19.3 Å². The standard InChI is InChI=1S/C24H28FN5O2/c25-15-6-10-17(11-7-15)28-23(32)24(12-13-24)22(31)27-16-8-4-14(5-9-16)18-2-1-3-19-20(18)21(26)30-29-19/h4-11,18-21,29-30H,1-3,12-13,26H2,(H,27,31)(H,28,32). The number of nitrogens with two attached hydrogens (primary N) is 1. The van der Waals surface area contributed by atoms with Gasteiger partial charge in [0.05, 0.1) is 6.17 Å². The molecule has 8 heteroatoms. The summed E-state index contributed by atoms with van der Waals surface area (Å²) < 4.78 is 13.1. The second-order valence-corrected chi connectivity index (χ2v) is 9.15. The monoisotopic (exact) mass is 437 g/mol. The van der Waals surface area contributed by atoms with Gasteiger partial charge in [0, 0.05) is 23.3 Å². The van der Waals surface area contributed by atoms with Crippen LogP contribution in [0.1, 0.15) is 43.6 Å². The second-order valence-electron chi connectivity index (χ2n) is 9.15. The van der Waals surface area contributed by atoms with Crippen molar-refractivity contribution in [3.05, 3.63) is 59.9 Å². The number of nitrogens with one attached hydrogen (secondary N) is 4. The molecule has 2 aromatic carbocycles. The summed E-state index contributed by atoms with van der Waals surface area (Å²) in [5, 5.41) is 5.62. The van der Waals surface area contributed by atoms with E-state index in [1.54, 1.807) is 0 Å². The Balaban J connectivity index is 1.24. The lowest BCUT2D eigenvalue weighted by molar-refractivity contribution is -0.131. The minimum Gasteiger partial charge on any atom is -0.325 e. The molecule has 1 saturated heterocycles. The van der Waals surface area contributed by atoms with Crippen molar-refractivity contribution < 1.29 is 14.0 Å². The van der Waals surface area contributed by atoms with Crippen molar-refractivity contribution in [2.24, 2.45) is 17.1 Å². The van der Waals surface area contributed by atoms with Crippen molar-refractivity contribution in [3.63, 3.8) is 0 Å². The van der Waals surface area contributed by atoms with Gasteiger partial charge in [0.25, 0.3) is 0 Å².